The smallest absolute Gasteiger partial charge is 0.389 e. The fourth-order valence-corrected chi connectivity index (χ4v) is 2.05. The third kappa shape index (κ3) is 4.81. The van der Waals surface area contributed by atoms with Crippen LogP contribution >= 0.6 is 28.1 Å². The highest BCUT2D eigenvalue weighted by molar-refractivity contribution is 9.10. The molecule has 0 bridgehead atoms. The van der Waals surface area contributed by atoms with Gasteiger partial charge in [-0.05, 0) is 25.1 Å². The Hall–Kier alpha value is -0.820. The molecule has 18 heavy (non-hydrogen) atoms. The summed E-state index contributed by atoms with van der Waals surface area (Å²) in [5.41, 5.74) is 6.55. The fraction of sp³-hybridized carbons (Fsp3) is 0.364. The summed E-state index contributed by atoms with van der Waals surface area (Å²) in [4.78, 5) is 0.143. The molecule has 0 aliphatic heterocycles. The molecule has 1 aromatic rings. The molecule has 0 amide bonds. The first-order valence-electron chi connectivity index (χ1n) is 5.11. The quantitative estimate of drug-likeness (QED) is 0.818. The van der Waals surface area contributed by atoms with E-state index in [1.807, 2.05) is 0 Å². The van der Waals surface area contributed by atoms with Crippen molar-refractivity contribution in [3.05, 3.63) is 28.2 Å². The first-order valence-corrected chi connectivity index (χ1v) is 6.32. The van der Waals surface area contributed by atoms with Crippen LogP contribution in [-0.2, 0) is 0 Å². The molecule has 3 N–H and O–H groups in total. The van der Waals surface area contributed by atoms with Gasteiger partial charge >= 0.3 is 6.18 Å². The molecule has 1 atom stereocenters. The lowest BCUT2D eigenvalue weighted by Crippen LogP contribution is -2.25. The second kappa shape index (κ2) is 5.88. The van der Waals surface area contributed by atoms with E-state index in [2.05, 4.69) is 21.2 Å². The maximum absolute atomic E-state index is 12.2. The topological polar surface area (TPSA) is 38.0 Å². The standard InChI is InChI=1S/C11H12BrF3N2S/c1-6(5-11(13,14)15)17-9-4-7(12)2-3-8(9)10(16)18/h2-4,6,17H,5H2,1H3,(H2,16,18). The van der Waals surface area contributed by atoms with Gasteiger partial charge in [0.05, 0.1) is 6.42 Å². The predicted molar refractivity (Wildman–Crippen MR) is 73.8 cm³/mol. The zero-order valence-corrected chi connectivity index (χ0v) is 11.9. The summed E-state index contributed by atoms with van der Waals surface area (Å²) < 4.78 is 37.5. The van der Waals surface area contributed by atoms with Crippen LogP contribution in [-0.4, -0.2) is 17.2 Å². The summed E-state index contributed by atoms with van der Waals surface area (Å²) in [7, 11) is 0. The SMILES string of the molecule is CC(CC(F)(F)F)Nc1cc(Br)ccc1C(N)=S. The highest BCUT2D eigenvalue weighted by atomic mass is 79.9. The largest absolute Gasteiger partial charge is 0.391 e. The molecule has 0 aliphatic rings. The minimum atomic E-state index is -4.21. The van der Waals surface area contributed by atoms with E-state index in [-0.39, 0.29) is 4.99 Å². The van der Waals surface area contributed by atoms with Crippen molar-refractivity contribution in [2.45, 2.75) is 25.6 Å². The molecule has 1 unspecified atom stereocenters. The Bertz CT molecular complexity index is 448. The van der Waals surface area contributed by atoms with Gasteiger partial charge in [0, 0.05) is 21.8 Å². The number of halogens is 4. The predicted octanol–water partition coefficient (Wildman–Crippen LogP) is 3.84. The van der Waals surface area contributed by atoms with E-state index in [1.165, 1.54) is 6.92 Å². The van der Waals surface area contributed by atoms with Crippen LogP contribution in [0, 0.1) is 0 Å². The maximum atomic E-state index is 12.2. The molecule has 0 spiro atoms. The molecule has 0 aromatic heterocycles. The zero-order valence-electron chi connectivity index (χ0n) is 9.51. The average Bonchev–Trinajstić information content (AvgIpc) is 2.13. The van der Waals surface area contributed by atoms with Crippen molar-refractivity contribution >= 4 is 38.8 Å². The summed E-state index contributed by atoms with van der Waals surface area (Å²) >= 11 is 8.11. The summed E-state index contributed by atoms with van der Waals surface area (Å²) in [6.07, 6.45) is -5.13. The second-order valence-corrected chi connectivity index (χ2v) is 5.27. The van der Waals surface area contributed by atoms with Gasteiger partial charge < -0.3 is 11.1 Å². The molecule has 0 saturated carbocycles. The van der Waals surface area contributed by atoms with E-state index in [9.17, 15) is 13.2 Å². The van der Waals surface area contributed by atoms with E-state index >= 15 is 0 Å². The number of benzene rings is 1. The number of thiocarbonyl (C=S) groups is 1. The van der Waals surface area contributed by atoms with Crippen LogP contribution in [0.15, 0.2) is 22.7 Å². The Morgan fingerprint density at radius 2 is 2.11 bits per heavy atom. The summed E-state index contributed by atoms with van der Waals surface area (Å²) in [5, 5.41) is 2.77. The highest BCUT2D eigenvalue weighted by Crippen LogP contribution is 2.26. The molecule has 0 heterocycles. The van der Waals surface area contributed by atoms with Crippen LogP contribution in [0.4, 0.5) is 18.9 Å². The van der Waals surface area contributed by atoms with Gasteiger partial charge in [-0.3, -0.25) is 0 Å². The normalized spacial score (nSPS) is 13.2. The van der Waals surface area contributed by atoms with Crippen LogP contribution in [0.5, 0.6) is 0 Å². The van der Waals surface area contributed by atoms with Crippen LogP contribution < -0.4 is 11.1 Å². The summed E-state index contributed by atoms with van der Waals surface area (Å²) in [5.74, 6) is 0. The van der Waals surface area contributed by atoms with E-state index in [4.69, 9.17) is 18.0 Å². The number of nitrogens with two attached hydrogens (primary N) is 1. The Labute approximate surface area is 117 Å². The lowest BCUT2D eigenvalue weighted by Gasteiger charge is -2.19. The van der Waals surface area contributed by atoms with Crippen molar-refractivity contribution in [2.24, 2.45) is 5.73 Å². The van der Waals surface area contributed by atoms with E-state index in [0.717, 1.165) is 4.47 Å². The van der Waals surface area contributed by atoms with Crippen LogP contribution in [0.25, 0.3) is 0 Å². The Balaban J connectivity index is 2.89. The summed E-state index contributed by atoms with van der Waals surface area (Å²) in [6, 6.07) is 4.29. The molecule has 0 aliphatic carbocycles. The monoisotopic (exact) mass is 340 g/mol. The molecule has 1 rings (SSSR count). The van der Waals surface area contributed by atoms with E-state index in [0.29, 0.717) is 11.3 Å². The Kier molecular flexibility index (Phi) is 4.98. The van der Waals surface area contributed by atoms with Gasteiger partial charge in [-0.2, -0.15) is 13.2 Å². The minimum Gasteiger partial charge on any atom is -0.389 e. The molecule has 2 nitrogen and oxygen atoms in total. The number of hydrogen-bond acceptors (Lipinski definition) is 2. The first-order chi connectivity index (χ1) is 8.19. The summed E-state index contributed by atoms with van der Waals surface area (Å²) in [6.45, 7) is 1.46. The van der Waals surface area contributed by atoms with Crippen molar-refractivity contribution < 1.29 is 13.2 Å². The molecular formula is C11H12BrF3N2S. The molecule has 0 radical (unpaired) electrons. The zero-order chi connectivity index (χ0) is 13.9. The van der Waals surface area contributed by atoms with E-state index in [1.54, 1.807) is 18.2 Å². The van der Waals surface area contributed by atoms with Gasteiger partial charge in [-0.1, -0.05) is 28.1 Å². The molecule has 7 heteroatoms. The fourth-order valence-electron chi connectivity index (χ4n) is 1.51. The van der Waals surface area contributed by atoms with Crippen LogP contribution in [0.2, 0.25) is 0 Å². The minimum absolute atomic E-state index is 0.143. The lowest BCUT2D eigenvalue weighted by atomic mass is 10.1. The maximum Gasteiger partial charge on any atom is 0.391 e. The average molecular weight is 341 g/mol. The van der Waals surface area contributed by atoms with Crippen molar-refractivity contribution in [1.82, 2.24) is 0 Å². The molecule has 0 saturated heterocycles. The van der Waals surface area contributed by atoms with Gasteiger partial charge in [0.2, 0.25) is 0 Å². The lowest BCUT2D eigenvalue weighted by molar-refractivity contribution is -0.136. The Morgan fingerprint density at radius 1 is 1.50 bits per heavy atom. The van der Waals surface area contributed by atoms with Gasteiger partial charge in [0.15, 0.2) is 0 Å². The number of nitrogens with one attached hydrogen (secondary N) is 1. The van der Waals surface area contributed by atoms with Gasteiger partial charge in [0.25, 0.3) is 0 Å². The van der Waals surface area contributed by atoms with Crippen LogP contribution in [0.3, 0.4) is 0 Å². The van der Waals surface area contributed by atoms with Crippen molar-refractivity contribution in [1.29, 1.82) is 0 Å². The van der Waals surface area contributed by atoms with Crippen LogP contribution in [0.1, 0.15) is 18.9 Å². The number of alkyl halides is 3. The van der Waals surface area contributed by atoms with Crippen molar-refractivity contribution in [3.8, 4) is 0 Å². The van der Waals surface area contributed by atoms with E-state index < -0.39 is 18.6 Å². The number of anilines is 1. The van der Waals surface area contributed by atoms with Gasteiger partial charge in [0.1, 0.15) is 4.99 Å². The molecule has 100 valence electrons. The van der Waals surface area contributed by atoms with Crippen molar-refractivity contribution in [2.75, 3.05) is 5.32 Å². The first kappa shape index (κ1) is 15.2. The second-order valence-electron chi connectivity index (χ2n) is 3.92. The Morgan fingerprint density at radius 3 is 2.61 bits per heavy atom. The third-order valence-electron chi connectivity index (χ3n) is 2.19. The highest BCUT2D eigenvalue weighted by Gasteiger charge is 2.30. The van der Waals surface area contributed by atoms with Gasteiger partial charge in [-0.15, -0.1) is 0 Å². The number of rotatable bonds is 4. The van der Waals surface area contributed by atoms with Crippen molar-refractivity contribution in [3.63, 3.8) is 0 Å². The number of hydrogen-bond donors (Lipinski definition) is 2. The van der Waals surface area contributed by atoms with Gasteiger partial charge in [-0.25, -0.2) is 0 Å². The molecular weight excluding hydrogens is 329 g/mol. The molecule has 1 aromatic carbocycles. The molecule has 0 fully saturated rings. The third-order valence-corrected chi connectivity index (χ3v) is 2.90.